The molecule has 2 aromatic rings. The molecule has 3 rings (SSSR count). The monoisotopic (exact) mass is 667 g/mol. The highest BCUT2D eigenvalue weighted by Gasteiger charge is 2.54. The largest absolute Gasteiger partial charge is 0.503 e. The standard InChI is InChI=1S/C20H25N7O13S3/c1-20(2,18(32)33)40-25-16(11-8-41-19(21)24-11)14(29)4-10-12(27(17(10)31)43(37,38)39)6-23-42(35,36)22-5-9-3-13(28)15(30)7-26(9)34/h3,7-8,10,12,22-23,30,34H,4-6H2,1-2H3,(H2,21,24)(H,32,33)(H,37,38,39)/b25-16-/t10?,12-/m1/s1. The van der Waals surface area contributed by atoms with Crippen LogP contribution in [0.5, 0.6) is 5.75 Å². The summed E-state index contributed by atoms with van der Waals surface area (Å²) in [7, 11) is -9.73. The number of carboxylic acid groups (broad SMARTS) is 1. The fraction of sp³-hybridized carbons (Fsp3) is 0.400. The Labute approximate surface area is 246 Å². The Balaban J connectivity index is 1.80. The van der Waals surface area contributed by atoms with E-state index in [4.69, 9.17) is 10.6 Å². The summed E-state index contributed by atoms with van der Waals surface area (Å²) in [5.74, 6) is -6.02. The number of carbonyl (C=O) groups is 3. The van der Waals surface area contributed by atoms with E-state index in [1.807, 2.05) is 9.44 Å². The molecule has 8 N–H and O–H groups in total. The minimum absolute atomic E-state index is 0.00412. The van der Waals surface area contributed by atoms with Crippen LogP contribution in [0.4, 0.5) is 5.13 Å². The fourth-order valence-electron chi connectivity index (χ4n) is 3.54. The Morgan fingerprint density at radius 3 is 2.44 bits per heavy atom. The summed E-state index contributed by atoms with van der Waals surface area (Å²) in [5.41, 5.74) is 1.77. The third kappa shape index (κ3) is 7.82. The Bertz CT molecular complexity index is 1750. The SMILES string of the molecule is CC(C)(O/N=C(\C(=O)CC1C(=O)N(S(=O)(=O)O)[C@@H]1CNS(=O)(=O)NCc1cc(=O)c(O)cn1O)c1csc(N)n1)C(=O)O. The molecule has 1 aliphatic rings. The van der Waals surface area contributed by atoms with Crippen molar-refractivity contribution in [3.05, 3.63) is 39.3 Å². The molecule has 0 spiro atoms. The number of anilines is 1. The summed E-state index contributed by atoms with van der Waals surface area (Å²) in [6, 6.07) is -0.883. The lowest BCUT2D eigenvalue weighted by Crippen LogP contribution is -2.66. The van der Waals surface area contributed by atoms with Gasteiger partial charge >= 0.3 is 16.3 Å². The number of nitrogens with zero attached hydrogens (tertiary/aromatic N) is 4. The van der Waals surface area contributed by atoms with Crippen LogP contribution in [0.2, 0.25) is 0 Å². The average Bonchev–Trinajstić information content (AvgIpc) is 3.31. The number of nitrogens with one attached hydrogen (secondary N) is 2. The Kier molecular flexibility index (Phi) is 9.47. The third-order valence-electron chi connectivity index (χ3n) is 5.88. The molecule has 1 unspecified atom stereocenters. The van der Waals surface area contributed by atoms with Gasteiger partial charge < -0.3 is 26.0 Å². The van der Waals surface area contributed by atoms with Crippen LogP contribution in [0.15, 0.2) is 27.6 Å². The summed E-state index contributed by atoms with van der Waals surface area (Å²) < 4.78 is 62.2. The predicted octanol–water partition coefficient (Wildman–Crippen LogP) is -2.37. The molecule has 0 bridgehead atoms. The summed E-state index contributed by atoms with van der Waals surface area (Å²) in [5, 5.41) is 33.1. The van der Waals surface area contributed by atoms with Crippen molar-refractivity contribution in [1.29, 1.82) is 0 Å². The van der Waals surface area contributed by atoms with Gasteiger partial charge in [0.15, 0.2) is 22.4 Å². The lowest BCUT2D eigenvalue weighted by atomic mass is 9.85. The summed E-state index contributed by atoms with van der Waals surface area (Å²) in [6.07, 6.45) is -0.182. The number of aromatic hydroxyl groups is 1. The van der Waals surface area contributed by atoms with E-state index in [9.17, 15) is 56.0 Å². The number of ketones is 1. The van der Waals surface area contributed by atoms with Crippen LogP contribution in [0.3, 0.4) is 0 Å². The van der Waals surface area contributed by atoms with Crippen LogP contribution >= 0.6 is 11.3 Å². The quantitative estimate of drug-likeness (QED) is 0.0364. The number of hydrogen-bond acceptors (Lipinski definition) is 15. The van der Waals surface area contributed by atoms with Crippen molar-refractivity contribution in [3.63, 3.8) is 0 Å². The number of carboxylic acids is 1. The van der Waals surface area contributed by atoms with Gasteiger partial charge in [-0.3, -0.25) is 18.9 Å². The number of pyridine rings is 1. The molecule has 1 aliphatic heterocycles. The smallest absolute Gasteiger partial charge is 0.362 e. The predicted molar refractivity (Wildman–Crippen MR) is 144 cm³/mol. The average molecular weight is 668 g/mol. The molecule has 0 radical (unpaired) electrons. The van der Waals surface area contributed by atoms with Crippen molar-refractivity contribution in [2.75, 3.05) is 12.3 Å². The number of β-lactam (4-membered cyclic amide) rings is 1. The van der Waals surface area contributed by atoms with Crippen LogP contribution in [-0.2, 0) is 46.3 Å². The van der Waals surface area contributed by atoms with Gasteiger partial charge in [0.2, 0.25) is 16.9 Å². The van der Waals surface area contributed by atoms with E-state index in [1.54, 1.807) is 0 Å². The number of aromatic nitrogens is 2. The second kappa shape index (κ2) is 12.2. The Morgan fingerprint density at radius 2 is 1.88 bits per heavy atom. The molecule has 2 atom stereocenters. The summed E-state index contributed by atoms with van der Waals surface area (Å²) in [6.45, 7) is 0.734. The highest BCUT2D eigenvalue weighted by atomic mass is 32.2. The fourth-order valence-corrected chi connectivity index (χ4v) is 5.84. The van der Waals surface area contributed by atoms with Gasteiger partial charge in [-0.15, -0.1) is 11.3 Å². The molecular formula is C20H25N7O13S3. The normalized spacial score (nSPS) is 17.9. The first-order chi connectivity index (χ1) is 19.7. The third-order valence-corrected chi connectivity index (χ3v) is 8.57. The number of oxime groups is 1. The topological polar surface area (TPSA) is 310 Å². The number of nitrogens with two attached hydrogens (primary N) is 1. The highest BCUT2D eigenvalue weighted by molar-refractivity contribution is 7.87. The second-order valence-corrected chi connectivity index (χ2v) is 13.1. The Hall–Kier alpha value is -4.16. The van der Waals surface area contributed by atoms with Gasteiger partial charge in [-0.05, 0) is 13.8 Å². The number of rotatable bonds is 14. The van der Waals surface area contributed by atoms with E-state index in [-0.39, 0.29) is 25.6 Å². The molecule has 43 heavy (non-hydrogen) atoms. The Morgan fingerprint density at radius 1 is 1.23 bits per heavy atom. The van der Waals surface area contributed by atoms with Gasteiger partial charge in [0.1, 0.15) is 5.69 Å². The maximum Gasteiger partial charge on any atom is 0.362 e. The lowest BCUT2D eigenvalue weighted by molar-refractivity contribution is -0.161. The maximum absolute atomic E-state index is 13.2. The molecule has 0 aromatic carbocycles. The molecule has 2 aromatic heterocycles. The lowest BCUT2D eigenvalue weighted by Gasteiger charge is -2.43. The number of nitrogen functional groups attached to an aromatic ring is 1. The highest BCUT2D eigenvalue weighted by Crippen LogP contribution is 2.32. The maximum atomic E-state index is 13.2. The van der Waals surface area contributed by atoms with Crippen molar-refractivity contribution < 1.29 is 56.0 Å². The molecule has 0 aliphatic carbocycles. The van der Waals surface area contributed by atoms with Gasteiger partial charge in [0.05, 0.1) is 30.4 Å². The van der Waals surface area contributed by atoms with Gasteiger partial charge in [0.25, 0.3) is 10.2 Å². The summed E-state index contributed by atoms with van der Waals surface area (Å²) >= 11 is 0.893. The molecule has 3 heterocycles. The molecule has 20 nitrogen and oxygen atoms in total. The van der Waals surface area contributed by atoms with E-state index < -0.39 is 92.1 Å². The zero-order chi connectivity index (χ0) is 32.5. The molecular weight excluding hydrogens is 642 g/mol. The molecule has 236 valence electrons. The number of aliphatic carboxylic acids is 1. The number of carbonyl (C=O) groups excluding carboxylic acids is 2. The van der Waals surface area contributed by atoms with Crippen molar-refractivity contribution in [2.24, 2.45) is 11.1 Å². The zero-order valence-corrected chi connectivity index (χ0v) is 24.5. The van der Waals surface area contributed by atoms with E-state index in [2.05, 4.69) is 10.1 Å². The van der Waals surface area contributed by atoms with Crippen molar-refractivity contribution in [3.8, 4) is 5.75 Å². The van der Waals surface area contributed by atoms with E-state index in [0.717, 1.165) is 31.3 Å². The van der Waals surface area contributed by atoms with Crippen molar-refractivity contribution in [1.82, 2.24) is 23.5 Å². The number of amides is 1. The van der Waals surface area contributed by atoms with Crippen LogP contribution in [0, 0.1) is 5.92 Å². The van der Waals surface area contributed by atoms with Gasteiger partial charge in [-0.2, -0.15) is 26.3 Å². The second-order valence-electron chi connectivity index (χ2n) is 9.36. The van der Waals surface area contributed by atoms with E-state index in [0.29, 0.717) is 6.20 Å². The minimum Gasteiger partial charge on any atom is -0.503 e. The van der Waals surface area contributed by atoms with E-state index >= 15 is 0 Å². The molecule has 1 fully saturated rings. The first kappa shape index (κ1) is 33.3. The number of hydrogen-bond donors (Lipinski definition) is 7. The minimum atomic E-state index is -5.20. The number of thiazole rings is 1. The zero-order valence-electron chi connectivity index (χ0n) is 22.1. The van der Waals surface area contributed by atoms with Crippen LogP contribution < -0.4 is 20.6 Å². The van der Waals surface area contributed by atoms with Crippen LogP contribution in [0.1, 0.15) is 31.7 Å². The molecule has 1 amide bonds. The van der Waals surface area contributed by atoms with E-state index in [1.165, 1.54) is 5.38 Å². The summed E-state index contributed by atoms with van der Waals surface area (Å²) in [4.78, 5) is 57.6. The van der Waals surface area contributed by atoms with Crippen molar-refractivity contribution in [2.45, 2.75) is 38.5 Å². The number of Topliss-reactive ketones (excluding diaryl/α,β-unsaturated/α-hetero) is 1. The van der Waals surface area contributed by atoms with Gasteiger partial charge in [0, 0.05) is 24.4 Å². The van der Waals surface area contributed by atoms with Gasteiger partial charge in [-0.1, -0.05) is 5.16 Å². The molecule has 23 heteroatoms. The molecule has 1 saturated heterocycles. The van der Waals surface area contributed by atoms with Gasteiger partial charge in [-0.25, -0.2) is 18.8 Å². The first-order valence-electron chi connectivity index (χ1n) is 11.7. The molecule has 0 saturated carbocycles. The first-order valence-corrected chi connectivity index (χ1v) is 15.4. The van der Waals surface area contributed by atoms with Crippen LogP contribution in [-0.4, -0.2) is 92.4 Å². The van der Waals surface area contributed by atoms with Crippen LogP contribution in [0.25, 0.3) is 0 Å². The van der Waals surface area contributed by atoms with Crippen molar-refractivity contribution >= 4 is 60.4 Å².